The van der Waals surface area contributed by atoms with Crippen molar-refractivity contribution >= 4 is 23.2 Å². The first-order chi connectivity index (χ1) is 22.0. The smallest absolute Gasteiger partial charge is 0.269 e. The Balaban J connectivity index is 1.24. The van der Waals surface area contributed by atoms with Gasteiger partial charge >= 0.3 is 0 Å². The van der Waals surface area contributed by atoms with Crippen LogP contribution < -0.4 is 15.4 Å². The summed E-state index contributed by atoms with van der Waals surface area (Å²) in [7, 11) is 0. The van der Waals surface area contributed by atoms with Crippen molar-refractivity contribution in [3.8, 4) is 17.1 Å². The van der Waals surface area contributed by atoms with Crippen LogP contribution in [0.1, 0.15) is 33.5 Å². The molecule has 2 amide bonds. The highest BCUT2D eigenvalue weighted by atomic mass is 19.1. The summed E-state index contributed by atoms with van der Waals surface area (Å²) in [6.07, 6.45) is -0.775. The van der Waals surface area contributed by atoms with Crippen LogP contribution in [-0.4, -0.2) is 71.3 Å². The van der Waals surface area contributed by atoms with Crippen LogP contribution in [0, 0.1) is 11.6 Å². The summed E-state index contributed by atoms with van der Waals surface area (Å²) in [6, 6.07) is 18.3. The van der Waals surface area contributed by atoms with Gasteiger partial charge in [-0.2, -0.15) is 5.10 Å². The van der Waals surface area contributed by atoms with Gasteiger partial charge in [-0.3, -0.25) is 14.5 Å². The molecule has 0 spiro atoms. The lowest BCUT2D eigenvalue weighted by Gasteiger charge is -2.26. The number of carbonyl (C=O) groups excluding carboxylic acids is 2. The average Bonchev–Trinajstić information content (AvgIpc) is 3.37. The number of nitrogens with zero attached hydrogens (tertiary/aromatic N) is 4. The maximum absolute atomic E-state index is 15.7. The standard InChI is InChI=1S/C33H30F2N6O4/c34-24-9-4-8-23-27(21-6-2-1-3-7-21)36-30(32(43)37-28(23)24)38-31(42)26-29(39-41-12-5-15-45-33(26)41)22-11-10-20(18-25(22)35)19-40-13-16-44-17-14-40/h1-4,6-11,18,30H,5,12-17,19H2,(H,37,43)(H,38,42)/t30-/m1/s1. The number of amides is 2. The van der Waals surface area contributed by atoms with E-state index in [1.165, 1.54) is 22.9 Å². The topological polar surface area (TPSA) is 110 Å². The van der Waals surface area contributed by atoms with Crippen molar-refractivity contribution < 1.29 is 27.8 Å². The molecule has 0 saturated carbocycles. The summed E-state index contributed by atoms with van der Waals surface area (Å²) < 4.78 is 43.4. The molecular weight excluding hydrogens is 582 g/mol. The molecule has 2 N–H and O–H groups in total. The van der Waals surface area contributed by atoms with E-state index in [4.69, 9.17) is 9.47 Å². The minimum Gasteiger partial charge on any atom is -0.477 e. The highest BCUT2D eigenvalue weighted by molar-refractivity contribution is 6.20. The van der Waals surface area contributed by atoms with Crippen molar-refractivity contribution in [1.82, 2.24) is 20.0 Å². The molecule has 1 saturated heterocycles. The van der Waals surface area contributed by atoms with Gasteiger partial charge in [-0.1, -0.05) is 48.5 Å². The summed E-state index contributed by atoms with van der Waals surface area (Å²) in [5.41, 5.74) is 2.29. The van der Waals surface area contributed by atoms with Gasteiger partial charge in [-0.25, -0.2) is 18.5 Å². The summed E-state index contributed by atoms with van der Waals surface area (Å²) in [5, 5.41) is 9.82. The minimum atomic E-state index is -1.44. The maximum atomic E-state index is 15.7. The van der Waals surface area contributed by atoms with Gasteiger partial charge < -0.3 is 20.1 Å². The molecule has 0 unspecified atom stereocenters. The fourth-order valence-electron chi connectivity index (χ4n) is 5.81. The molecule has 7 rings (SSSR count). The second kappa shape index (κ2) is 12.2. The molecule has 45 heavy (non-hydrogen) atoms. The first kappa shape index (κ1) is 28.8. The number of para-hydroxylation sites is 1. The van der Waals surface area contributed by atoms with E-state index in [9.17, 15) is 14.0 Å². The van der Waals surface area contributed by atoms with Crippen LogP contribution in [0.15, 0.2) is 71.7 Å². The molecule has 3 aliphatic heterocycles. The number of morpholine rings is 1. The van der Waals surface area contributed by atoms with Gasteiger partial charge in [-0.05, 0) is 23.8 Å². The lowest BCUT2D eigenvalue weighted by molar-refractivity contribution is -0.117. The number of rotatable bonds is 6. The molecule has 1 atom stereocenters. The summed E-state index contributed by atoms with van der Waals surface area (Å²) in [5.74, 6) is -2.45. The van der Waals surface area contributed by atoms with Crippen LogP contribution in [-0.2, 0) is 22.6 Å². The monoisotopic (exact) mass is 612 g/mol. The predicted octanol–water partition coefficient (Wildman–Crippen LogP) is 3.99. The molecule has 1 fully saturated rings. The fourth-order valence-corrected chi connectivity index (χ4v) is 5.81. The van der Waals surface area contributed by atoms with Gasteiger partial charge in [0.25, 0.3) is 11.8 Å². The normalized spacial score (nSPS) is 18.1. The molecule has 0 radical (unpaired) electrons. The number of aliphatic imine (C=N–C) groups is 1. The number of anilines is 1. The van der Waals surface area contributed by atoms with E-state index >= 15 is 4.39 Å². The molecule has 1 aromatic heterocycles. The number of benzodiazepines with no additional fused rings is 1. The molecule has 0 aliphatic carbocycles. The Labute approximate surface area is 257 Å². The summed E-state index contributed by atoms with van der Waals surface area (Å²) >= 11 is 0. The Kier molecular flexibility index (Phi) is 7.82. The Morgan fingerprint density at radius 1 is 0.956 bits per heavy atom. The lowest BCUT2D eigenvalue weighted by atomic mass is 10.0. The van der Waals surface area contributed by atoms with Crippen LogP contribution in [0.4, 0.5) is 14.5 Å². The molecule has 10 nitrogen and oxygen atoms in total. The Morgan fingerprint density at radius 2 is 1.78 bits per heavy atom. The van der Waals surface area contributed by atoms with Gasteiger partial charge in [0, 0.05) is 49.3 Å². The summed E-state index contributed by atoms with van der Waals surface area (Å²) in [6.45, 7) is 4.19. The van der Waals surface area contributed by atoms with Crippen LogP contribution in [0.25, 0.3) is 11.3 Å². The van der Waals surface area contributed by atoms with E-state index in [2.05, 4.69) is 25.6 Å². The Bertz CT molecular complexity index is 1800. The van der Waals surface area contributed by atoms with E-state index in [-0.39, 0.29) is 28.4 Å². The highest BCUT2D eigenvalue weighted by Gasteiger charge is 2.34. The second-order valence-electron chi connectivity index (χ2n) is 11.0. The van der Waals surface area contributed by atoms with Crippen molar-refractivity contribution in [1.29, 1.82) is 0 Å². The zero-order valence-electron chi connectivity index (χ0n) is 24.3. The van der Waals surface area contributed by atoms with Crippen molar-refractivity contribution in [3.05, 3.63) is 101 Å². The molecule has 4 aromatic rings. The molecule has 3 aliphatic rings. The number of ether oxygens (including phenoxy) is 2. The molecule has 3 aromatic carbocycles. The number of aromatic nitrogens is 2. The van der Waals surface area contributed by atoms with E-state index in [1.807, 2.05) is 12.1 Å². The molecular formula is C33H30F2N6O4. The second-order valence-corrected chi connectivity index (χ2v) is 11.0. The minimum absolute atomic E-state index is 0.00766. The molecule has 230 valence electrons. The zero-order valence-corrected chi connectivity index (χ0v) is 24.3. The van der Waals surface area contributed by atoms with Gasteiger partial charge in [-0.15, -0.1) is 0 Å². The van der Waals surface area contributed by atoms with Crippen molar-refractivity contribution in [2.24, 2.45) is 4.99 Å². The Morgan fingerprint density at radius 3 is 2.58 bits per heavy atom. The molecule has 12 heteroatoms. The van der Waals surface area contributed by atoms with Crippen LogP contribution >= 0.6 is 0 Å². The lowest BCUT2D eigenvalue weighted by Crippen LogP contribution is -2.42. The fraction of sp³-hybridized carbons (Fsp3) is 0.273. The number of carbonyl (C=O) groups is 2. The van der Waals surface area contributed by atoms with Crippen molar-refractivity contribution in [2.45, 2.75) is 25.7 Å². The summed E-state index contributed by atoms with van der Waals surface area (Å²) in [4.78, 5) is 34.2. The first-order valence-electron chi connectivity index (χ1n) is 14.8. The number of fused-ring (bicyclic) bond motifs is 2. The SMILES string of the molecule is O=C(N[C@H]1N=C(c2ccccc2)c2cccc(F)c2NC1=O)c1c(-c2ccc(CN3CCOCC3)cc2F)nn2c1OCCC2. The van der Waals surface area contributed by atoms with Crippen molar-refractivity contribution in [2.75, 3.05) is 38.2 Å². The van der Waals surface area contributed by atoms with E-state index in [1.54, 1.807) is 36.4 Å². The van der Waals surface area contributed by atoms with E-state index in [0.717, 1.165) is 18.7 Å². The Hall–Kier alpha value is -4.94. The van der Waals surface area contributed by atoms with Crippen LogP contribution in [0.5, 0.6) is 5.88 Å². The number of halogens is 2. The third kappa shape index (κ3) is 5.69. The van der Waals surface area contributed by atoms with E-state index in [0.29, 0.717) is 56.2 Å². The third-order valence-corrected chi connectivity index (χ3v) is 8.02. The number of hydrogen-bond donors (Lipinski definition) is 2. The maximum Gasteiger partial charge on any atom is 0.269 e. The quantitative estimate of drug-likeness (QED) is 0.341. The number of nitrogens with one attached hydrogen (secondary N) is 2. The number of benzene rings is 3. The average molecular weight is 613 g/mol. The van der Waals surface area contributed by atoms with Gasteiger partial charge in [0.2, 0.25) is 12.0 Å². The number of hydrogen-bond acceptors (Lipinski definition) is 7. The molecule has 4 heterocycles. The van der Waals surface area contributed by atoms with Crippen LogP contribution in [0.2, 0.25) is 0 Å². The molecule has 0 bridgehead atoms. The largest absolute Gasteiger partial charge is 0.477 e. The van der Waals surface area contributed by atoms with Gasteiger partial charge in [0.1, 0.15) is 22.9 Å². The van der Waals surface area contributed by atoms with Gasteiger partial charge in [0.15, 0.2) is 0 Å². The van der Waals surface area contributed by atoms with Crippen molar-refractivity contribution in [3.63, 3.8) is 0 Å². The predicted molar refractivity (Wildman–Crippen MR) is 162 cm³/mol. The highest BCUT2D eigenvalue weighted by Crippen LogP contribution is 2.35. The van der Waals surface area contributed by atoms with E-state index < -0.39 is 29.6 Å². The number of aryl methyl sites for hydroxylation is 1. The van der Waals surface area contributed by atoms with Crippen LogP contribution in [0.3, 0.4) is 0 Å². The first-order valence-corrected chi connectivity index (χ1v) is 14.8. The zero-order chi connectivity index (χ0) is 30.9. The van der Waals surface area contributed by atoms with Gasteiger partial charge in [0.05, 0.1) is 31.2 Å². The third-order valence-electron chi connectivity index (χ3n) is 8.02.